The summed E-state index contributed by atoms with van der Waals surface area (Å²) in [5.74, 6) is 0. The van der Waals surface area contributed by atoms with Crippen LogP contribution in [0.15, 0.2) is 12.7 Å². The van der Waals surface area contributed by atoms with Crippen LogP contribution in [0.3, 0.4) is 0 Å². The van der Waals surface area contributed by atoms with Crippen LogP contribution in [0.4, 0.5) is 0 Å². The Morgan fingerprint density at radius 1 is 1.11 bits per heavy atom. The van der Waals surface area contributed by atoms with E-state index in [0.29, 0.717) is 0 Å². The van der Waals surface area contributed by atoms with E-state index in [1.165, 1.54) is 0 Å². The van der Waals surface area contributed by atoms with Gasteiger partial charge in [0.25, 0.3) is 0 Å². The number of rotatable bonds is 0. The lowest BCUT2D eigenvalue weighted by molar-refractivity contribution is 0.347. The maximum absolute atomic E-state index is 4.34. The van der Waals surface area contributed by atoms with Crippen LogP contribution < -0.4 is 0 Å². The van der Waals surface area contributed by atoms with E-state index in [9.17, 15) is 0 Å². The first kappa shape index (κ1) is 8.81. The normalized spacial score (nSPS) is 14.8. The summed E-state index contributed by atoms with van der Waals surface area (Å²) in [7, 11) is 3.47. The van der Waals surface area contributed by atoms with Crippen molar-refractivity contribution < 1.29 is 13.7 Å². The Morgan fingerprint density at radius 3 is 1.44 bits per heavy atom. The summed E-state index contributed by atoms with van der Waals surface area (Å²) in [5.41, 5.74) is 0. The molecule has 0 bridgehead atoms. The van der Waals surface area contributed by atoms with E-state index in [0.717, 1.165) is 23.1 Å². The van der Waals surface area contributed by atoms with Gasteiger partial charge in [0, 0.05) is 0 Å². The molecule has 0 aromatic carbocycles. The maximum atomic E-state index is 4.34. The quantitative estimate of drug-likeness (QED) is 0.330. The van der Waals surface area contributed by atoms with Crippen LogP contribution in [0.2, 0.25) is 0 Å². The van der Waals surface area contributed by atoms with Gasteiger partial charge in [-0.15, -0.1) is 6.58 Å². The second-order valence-electron chi connectivity index (χ2n) is 1.11. The van der Waals surface area contributed by atoms with Crippen LogP contribution in [-0.2, 0) is 13.7 Å². The Kier molecular flexibility index (Phi) is 7.65. The first-order valence-electron chi connectivity index (χ1n) is 2.40. The SMILES string of the molecule is C=CC.[B]1O[B]O[B]O1. The molecule has 1 aliphatic rings. The van der Waals surface area contributed by atoms with Gasteiger partial charge in [-0.1, -0.05) is 6.08 Å². The summed E-state index contributed by atoms with van der Waals surface area (Å²) >= 11 is 0. The molecule has 9 heavy (non-hydrogen) atoms. The minimum Gasteiger partial charge on any atom is -0.457 e. The topological polar surface area (TPSA) is 27.7 Å². The third-order valence-electron chi connectivity index (χ3n) is 0.333. The highest BCUT2D eigenvalue weighted by Gasteiger charge is 2.05. The third kappa shape index (κ3) is 7.81. The molecular formula is C3H6B3O3. The Hall–Kier alpha value is -0.185. The summed E-state index contributed by atoms with van der Waals surface area (Å²) in [5, 5.41) is 0. The van der Waals surface area contributed by atoms with E-state index < -0.39 is 0 Å². The van der Waals surface area contributed by atoms with Gasteiger partial charge in [-0.05, 0) is 6.92 Å². The predicted molar refractivity (Wildman–Crippen MR) is 36.4 cm³/mol. The van der Waals surface area contributed by atoms with E-state index in [1.54, 1.807) is 6.08 Å². The van der Waals surface area contributed by atoms with Gasteiger partial charge in [-0.2, -0.15) is 0 Å². The summed E-state index contributed by atoms with van der Waals surface area (Å²) in [4.78, 5) is 0. The van der Waals surface area contributed by atoms with Crippen molar-refractivity contribution in [1.82, 2.24) is 0 Å². The molecule has 0 aromatic heterocycles. The third-order valence-corrected chi connectivity index (χ3v) is 0.333. The molecular weight excluding hydrogens is 116 g/mol. The Labute approximate surface area is 57.3 Å². The van der Waals surface area contributed by atoms with Crippen LogP contribution in [0.25, 0.3) is 0 Å². The standard InChI is InChI=1S/C3H6.B3O3/c1-3-2;1-4-2-6-3-5-1/h3H,1H2,2H3;. The van der Waals surface area contributed by atoms with Crippen LogP contribution in [-0.4, -0.2) is 23.1 Å². The fourth-order valence-corrected chi connectivity index (χ4v) is 0.164. The Morgan fingerprint density at radius 2 is 1.33 bits per heavy atom. The average Bonchev–Trinajstić information content (AvgIpc) is 1.93. The first-order chi connectivity index (χ1) is 4.41. The number of allylic oxidation sites excluding steroid dienone is 1. The van der Waals surface area contributed by atoms with Crippen molar-refractivity contribution in [2.45, 2.75) is 6.92 Å². The average molecular weight is 123 g/mol. The van der Waals surface area contributed by atoms with Gasteiger partial charge < -0.3 is 13.7 Å². The molecule has 0 N–H and O–H groups in total. The highest BCUT2D eigenvalue weighted by Crippen LogP contribution is 1.78. The molecule has 0 atom stereocenters. The van der Waals surface area contributed by atoms with Crippen molar-refractivity contribution >= 4 is 23.1 Å². The van der Waals surface area contributed by atoms with Crippen molar-refractivity contribution in [2.75, 3.05) is 0 Å². The van der Waals surface area contributed by atoms with Crippen LogP contribution in [0, 0.1) is 0 Å². The van der Waals surface area contributed by atoms with Gasteiger partial charge in [0.15, 0.2) is 0 Å². The van der Waals surface area contributed by atoms with E-state index in [4.69, 9.17) is 0 Å². The minimum absolute atomic E-state index is 1.16. The van der Waals surface area contributed by atoms with E-state index >= 15 is 0 Å². The van der Waals surface area contributed by atoms with E-state index in [-0.39, 0.29) is 0 Å². The lowest BCUT2D eigenvalue weighted by Gasteiger charge is -2.05. The zero-order valence-electron chi connectivity index (χ0n) is 5.24. The number of hydrogen-bond acceptors (Lipinski definition) is 3. The summed E-state index contributed by atoms with van der Waals surface area (Å²) in [6.45, 7) is 5.25. The zero-order valence-corrected chi connectivity index (χ0v) is 5.24. The lowest BCUT2D eigenvalue weighted by Crippen LogP contribution is -2.23. The fourth-order valence-electron chi connectivity index (χ4n) is 0.164. The van der Waals surface area contributed by atoms with Crippen molar-refractivity contribution in [3.63, 3.8) is 0 Å². The second-order valence-corrected chi connectivity index (χ2v) is 1.11. The smallest absolute Gasteiger partial charge is 0.457 e. The molecule has 3 nitrogen and oxygen atoms in total. The first-order valence-corrected chi connectivity index (χ1v) is 2.40. The second kappa shape index (κ2) is 7.81. The Balaban J connectivity index is 0.000000187. The highest BCUT2D eigenvalue weighted by atomic mass is 16.7. The van der Waals surface area contributed by atoms with Gasteiger partial charge in [0.1, 0.15) is 0 Å². The fraction of sp³-hybridized carbons (Fsp3) is 0.333. The summed E-state index contributed by atoms with van der Waals surface area (Å²) in [6, 6.07) is 0. The van der Waals surface area contributed by atoms with Crippen molar-refractivity contribution in [3.8, 4) is 0 Å². The van der Waals surface area contributed by atoms with E-state index in [2.05, 4.69) is 20.3 Å². The minimum atomic E-state index is 1.16. The molecule has 0 unspecified atom stereocenters. The van der Waals surface area contributed by atoms with Gasteiger partial charge in [0.05, 0.1) is 0 Å². The van der Waals surface area contributed by atoms with Crippen molar-refractivity contribution in [3.05, 3.63) is 12.7 Å². The van der Waals surface area contributed by atoms with Crippen LogP contribution >= 0.6 is 0 Å². The predicted octanol–water partition coefficient (Wildman–Crippen LogP) is -0.155. The van der Waals surface area contributed by atoms with E-state index in [1.807, 2.05) is 6.92 Å². The largest absolute Gasteiger partial charge is 0.457 e. The van der Waals surface area contributed by atoms with Crippen LogP contribution in [0.5, 0.6) is 0 Å². The molecule has 0 spiro atoms. The molecule has 1 heterocycles. The van der Waals surface area contributed by atoms with Crippen molar-refractivity contribution in [1.29, 1.82) is 0 Å². The maximum Gasteiger partial charge on any atom is 0.457 e. The van der Waals surface area contributed by atoms with Crippen LogP contribution in [0.1, 0.15) is 6.92 Å². The molecule has 6 heteroatoms. The zero-order chi connectivity index (χ0) is 6.95. The monoisotopic (exact) mass is 123 g/mol. The number of hydrogen-bond donors (Lipinski definition) is 0. The van der Waals surface area contributed by atoms with Gasteiger partial charge in [-0.25, -0.2) is 0 Å². The van der Waals surface area contributed by atoms with Crippen molar-refractivity contribution in [2.24, 2.45) is 0 Å². The lowest BCUT2D eigenvalue weighted by atomic mass is 10.1. The van der Waals surface area contributed by atoms with Gasteiger partial charge in [-0.3, -0.25) is 0 Å². The molecule has 0 aliphatic carbocycles. The summed E-state index contributed by atoms with van der Waals surface area (Å²) < 4.78 is 13.0. The van der Waals surface area contributed by atoms with Gasteiger partial charge >= 0.3 is 23.1 Å². The molecule has 0 amide bonds. The molecule has 1 rings (SSSR count). The molecule has 1 fully saturated rings. The molecule has 1 aliphatic heterocycles. The molecule has 3 radical (unpaired) electrons. The molecule has 1 saturated heterocycles. The summed E-state index contributed by atoms with van der Waals surface area (Å²) in [6.07, 6.45) is 1.75. The highest BCUT2D eigenvalue weighted by molar-refractivity contribution is 6.50. The van der Waals surface area contributed by atoms with Gasteiger partial charge in [0.2, 0.25) is 0 Å². The molecule has 45 valence electrons. The molecule has 0 saturated carbocycles. The molecule has 0 aromatic rings. The Bertz CT molecular complexity index is 53.8.